The molecule has 2 rings (SSSR count). The van der Waals surface area contributed by atoms with E-state index in [0.29, 0.717) is 6.04 Å². The molecule has 1 heterocycles. The Bertz CT molecular complexity index is 344. The molecule has 3 heteroatoms. The molecule has 1 aromatic rings. The molecule has 1 saturated heterocycles. The first-order valence-electron chi connectivity index (χ1n) is 6.91. The van der Waals surface area contributed by atoms with E-state index in [0.717, 1.165) is 32.7 Å². The standard InChI is InChI=1S/C15H24N2O/c1-3-9-16-11-13-4-6-14(7-5-13)17(2)15-8-10-18-12-15/h4-7,15-16H,3,8-12H2,1-2H3. The highest BCUT2D eigenvalue weighted by molar-refractivity contribution is 5.48. The summed E-state index contributed by atoms with van der Waals surface area (Å²) in [6, 6.07) is 9.38. The van der Waals surface area contributed by atoms with Gasteiger partial charge in [0.2, 0.25) is 0 Å². The number of likely N-dealkylation sites (N-methyl/N-ethyl adjacent to an activating group) is 1. The fourth-order valence-electron chi connectivity index (χ4n) is 2.30. The quantitative estimate of drug-likeness (QED) is 0.782. The maximum Gasteiger partial charge on any atom is 0.0670 e. The van der Waals surface area contributed by atoms with E-state index in [-0.39, 0.29) is 0 Å². The van der Waals surface area contributed by atoms with Crippen molar-refractivity contribution in [1.29, 1.82) is 0 Å². The van der Waals surface area contributed by atoms with Crippen LogP contribution in [0.3, 0.4) is 0 Å². The van der Waals surface area contributed by atoms with E-state index in [1.165, 1.54) is 17.7 Å². The summed E-state index contributed by atoms with van der Waals surface area (Å²) in [5.41, 5.74) is 2.63. The van der Waals surface area contributed by atoms with Crippen molar-refractivity contribution in [2.75, 3.05) is 31.7 Å². The molecule has 0 amide bonds. The van der Waals surface area contributed by atoms with E-state index < -0.39 is 0 Å². The minimum absolute atomic E-state index is 0.536. The largest absolute Gasteiger partial charge is 0.379 e. The van der Waals surface area contributed by atoms with Gasteiger partial charge in [0.1, 0.15) is 0 Å². The summed E-state index contributed by atoms with van der Waals surface area (Å²) in [5, 5.41) is 3.42. The van der Waals surface area contributed by atoms with Crippen LogP contribution in [0.4, 0.5) is 5.69 Å². The molecule has 3 nitrogen and oxygen atoms in total. The summed E-state index contributed by atoms with van der Waals surface area (Å²) >= 11 is 0. The monoisotopic (exact) mass is 248 g/mol. The van der Waals surface area contributed by atoms with Gasteiger partial charge in [0.05, 0.1) is 12.6 Å². The maximum atomic E-state index is 5.44. The van der Waals surface area contributed by atoms with Gasteiger partial charge in [-0.1, -0.05) is 19.1 Å². The topological polar surface area (TPSA) is 24.5 Å². The molecule has 1 atom stereocenters. The molecule has 1 N–H and O–H groups in total. The average Bonchev–Trinajstić information content (AvgIpc) is 2.93. The molecule has 1 aliphatic heterocycles. The van der Waals surface area contributed by atoms with Crippen molar-refractivity contribution in [3.8, 4) is 0 Å². The van der Waals surface area contributed by atoms with Gasteiger partial charge in [-0.2, -0.15) is 0 Å². The smallest absolute Gasteiger partial charge is 0.0670 e. The van der Waals surface area contributed by atoms with Crippen LogP contribution in [0.5, 0.6) is 0 Å². The summed E-state index contributed by atoms with van der Waals surface area (Å²) in [6.07, 6.45) is 2.32. The molecular formula is C15H24N2O. The number of hydrogen-bond donors (Lipinski definition) is 1. The van der Waals surface area contributed by atoms with Crippen LogP contribution < -0.4 is 10.2 Å². The van der Waals surface area contributed by atoms with Gasteiger partial charge in [-0.15, -0.1) is 0 Å². The zero-order valence-corrected chi connectivity index (χ0v) is 11.5. The second kappa shape index (κ2) is 6.76. The molecule has 1 aromatic carbocycles. The first-order chi connectivity index (χ1) is 8.81. The molecule has 0 spiro atoms. The number of nitrogens with one attached hydrogen (secondary N) is 1. The Morgan fingerprint density at radius 2 is 2.11 bits per heavy atom. The summed E-state index contributed by atoms with van der Waals surface area (Å²) in [6.45, 7) is 5.99. The number of rotatable bonds is 6. The minimum Gasteiger partial charge on any atom is -0.379 e. The van der Waals surface area contributed by atoms with E-state index in [4.69, 9.17) is 4.74 Å². The molecule has 1 fully saturated rings. The average molecular weight is 248 g/mol. The Kier molecular flexibility index (Phi) is 5.02. The Morgan fingerprint density at radius 3 is 2.72 bits per heavy atom. The van der Waals surface area contributed by atoms with Crippen molar-refractivity contribution in [3.05, 3.63) is 29.8 Å². The van der Waals surface area contributed by atoms with E-state index in [9.17, 15) is 0 Å². The Balaban J connectivity index is 1.89. The van der Waals surface area contributed by atoms with Crippen LogP contribution in [-0.2, 0) is 11.3 Å². The SMILES string of the molecule is CCCNCc1ccc(N(C)C2CCOC2)cc1. The molecule has 0 aliphatic carbocycles. The fourth-order valence-corrected chi connectivity index (χ4v) is 2.30. The lowest BCUT2D eigenvalue weighted by atomic mass is 10.1. The highest BCUT2D eigenvalue weighted by atomic mass is 16.5. The van der Waals surface area contributed by atoms with Gasteiger partial charge in [-0.25, -0.2) is 0 Å². The normalized spacial score (nSPS) is 19.1. The lowest BCUT2D eigenvalue weighted by Crippen LogP contribution is -2.31. The minimum atomic E-state index is 0.536. The van der Waals surface area contributed by atoms with Gasteiger partial charge in [0.15, 0.2) is 0 Å². The lowest BCUT2D eigenvalue weighted by Gasteiger charge is -2.25. The van der Waals surface area contributed by atoms with Gasteiger partial charge < -0.3 is 15.0 Å². The lowest BCUT2D eigenvalue weighted by molar-refractivity contribution is 0.193. The van der Waals surface area contributed by atoms with E-state index in [1.54, 1.807) is 0 Å². The molecule has 0 aromatic heterocycles. The third-order valence-electron chi connectivity index (χ3n) is 3.55. The highest BCUT2D eigenvalue weighted by Gasteiger charge is 2.20. The van der Waals surface area contributed by atoms with Crippen LogP contribution in [0.15, 0.2) is 24.3 Å². The molecule has 0 saturated carbocycles. The van der Waals surface area contributed by atoms with Crippen LogP contribution >= 0.6 is 0 Å². The first-order valence-corrected chi connectivity index (χ1v) is 6.91. The van der Waals surface area contributed by atoms with Crippen LogP contribution in [0, 0.1) is 0 Å². The molecule has 18 heavy (non-hydrogen) atoms. The Morgan fingerprint density at radius 1 is 1.33 bits per heavy atom. The summed E-state index contributed by atoms with van der Waals surface area (Å²) < 4.78 is 5.44. The van der Waals surface area contributed by atoms with Crippen molar-refractivity contribution in [2.45, 2.75) is 32.4 Å². The molecular weight excluding hydrogens is 224 g/mol. The Labute approximate surface area is 110 Å². The highest BCUT2D eigenvalue weighted by Crippen LogP contribution is 2.20. The number of ether oxygens (including phenoxy) is 1. The number of nitrogens with zero attached hydrogens (tertiary/aromatic N) is 1. The zero-order chi connectivity index (χ0) is 12.8. The van der Waals surface area contributed by atoms with E-state index in [1.807, 2.05) is 0 Å². The predicted octanol–water partition coefficient (Wildman–Crippen LogP) is 2.41. The number of anilines is 1. The van der Waals surface area contributed by atoms with Crippen molar-refractivity contribution >= 4 is 5.69 Å². The van der Waals surface area contributed by atoms with Crippen molar-refractivity contribution in [1.82, 2.24) is 5.32 Å². The molecule has 1 aliphatic rings. The third kappa shape index (κ3) is 3.47. The second-order valence-corrected chi connectivity index (χ2v) is 4.97. The maximum absolute atomic E-state index is 5.44. The van der Waals surface area contributed by atoms with Gasteiger partial charge >= 0.3 is 0 Å². The number of benzene rings is 1. The Hall–Kier alpha value is -1.06. The van der Waals surface area contributed by atoms with E-state index >= 15 is 0 Å². The van der Waals surface area contributed by atoms with Crippen LogP contribution in [0.2, 0.25) is 0 Å². The van der Waals surface area contributed by atoms with Crippen LogP contribution in [-0.4, -0.2) is 32.8 Å². The number of hydrogen-bond acceptors (Lipinski definition) is 3. The van der Waals surface area contributed by atoms with Crippen molar-refractivity contribution in [2.24, 2.45) is 0 Å². The van der Waals surface area contributed by atoms with Gasteiger partial charge in [-0.05, 0) is 37.1 Å². The van der Waals surface area contributed by atoms with Crippen molar-refractivity contribution < 1.29 is 4.74 Å². The zero-order valence-electron chi connectivity index (χ0n) is 11.5. The van der Waals surface area contributed by atoms with Gasteiger partial charge in [-0.3, -0.25) is 0 Å². The van der Waals surface area contributed by atoms with E-state index in [2.05, 4.69) is 48.5 Å². The second-order valence-electron chi connectivity index (χ2n) is 4.97. The van der Waals surface area contributed by atoms with Crippen LogP contribution in [0.1, 0.15) is 25.3 Å². The van der Waals surface area contributed by atoms with Crippen LogP contribution in [0.25, 0.3) is 0 Å². The molecule has 1 unspecified atom stereocenters. The summed E-state index contributed by atoms with van der Waals surface area (Å²) in [7, 11) is 2.16. The molecule has 0 radical (unpaired) electrons. The third-order valence-corrected chi connectivity index (χ3v) is 3.55. The summed E-state index contributed by atoms with van der Waals surface area (Å²) in [5.74, 6) is 0. The molecule has 0 bridgehead atoms. The fraction of sp³-hybridized carbons (Fsp3) is 0.600. The van der Waals surface area contributed by atoms with Crippen molar-refractivity contribution in [3.63, 3.8) is 0 Å². The predicted molar refractivity (Wildman–Crippen MR) is 76.1 cm³/mol. The van der Waals surface area contributed by atoms with Gasteiger partial charge in [0, 0.05) is 25.9 Å². The molecule has 100 valence electrons. The van der Waals surface area contributed by atoms with Gasteiger partial charge in [0.25, 0.3) is 0 Å². The first kappa shape index (κ1) is 13.4. The summed E-state index contributed by atoms with van der Waals surface area (Å²) in [4.78, 5) is 2.33.